The van der Waals surface area contributed by atoms with Gasteiger partial charge in [0.2, 0.25) is 0 Å². The first-order valence-corrected chi connectivity index (χ1v) is 5.94. The molecule has 1 aliphatic heterocycles. The second-order valence-electron chi connectivity index (χ2n) is 4.29. The van der Waals surface area contributed by atoms with E-state index in [9.17, 15) is 0 Å². The van der Waals surface area contributed by atoms with Gasteiger partial charge in [-0.3, -0.25) is 4.68 Å². The maximum atomic E-state index is 4.42. The van der Waals surface area contributed by atoms with Gasteiger partial charge in [-0.2, -0.15) is 5.10 Å². The Bertz CT molecular complexity index is 512. The van der Waals surface area contributed by atoms with Crippen LogP contribution in [0.1, 0.15) is 6.42 Å². The van der Waals surface area contributed by atoms with Crippen molar-refractivity contribution in [1.82, 2.24) is 25.1 Å². The minimum absolute atomic E-state index is 0.896. The van der Waals surface area contributed by atoms with Crippen molar-refractivity contribution in [2.75, 3.05) is 31.1 Å². The first-order valence-electron chi connectivity index (χ1n) is 5.94. The highest BCUT2D eigenvalue weighted by Crippen LogP contribution is 2.22. The minimum atomic E-state index is 0.896. The van der Waals surface area contributed by atoms with Gasteiger partial charge in [-0.1, -0.05) is 0 Å². The molecular weight excluding hydrogens is 216 g/mol. The second kappa shape index (κ2) is 4.29. The second-order valence-corrected chi connectivity index (χ2v) is 4.29. The number of anilines is 1. The summed E-state index contributed by atoms with van der Waals surface area (Å²) in [6.45, 7) is 4.11. The number of rotatable bonds is 1. The van der Waals surface area contributed by atoms with E-state index >= 15 is 0 Å². The summed E-state index contributed by atoms with van der Waals surface area (Å²) in [5.74, 6) is 1.01. The van der Waals surface area contributed by atoms with Gasteiger partial charge in [-0.25, -0.2) is 9.97 Å². The molecule has 0 aromatic carbocycles. The number of aromatic nitrogens is 4. The van der Waals surface area contributed by atoms with E-state index in [2.05, 4.69) is 25.3 Å². The minimum Gasteiger partial charge on any atom is -0.355 e. The van der Waals surface area contributed by atoms with Gasteiger partial charge in [0.05, 0.1) is 11.6 Å². The summed E-state index contributed by atoms with van der Waals surface area (Å²) in [6.07, 6.45) is 4.62. The summed E-state index contributed by atoms with van der Waals surface area (Å²) in [5, 5.41) is 8.68. The Morgan fingerprint density at radius 2 is 2.18 bits per heavy atom. The SMILES string of the molecule is Cn1ncc2c(N3CCCNCC3)ncnc21. The molecule has 2 aromatic heterocycles. The van der Waals surface area contributed by atoms with Gasteiger partial charge >= 0.3 is 0 Å². The topological polar surface area (TPSA) is 58.9 Å². The zero-order chi connectivity index (χ0) is 11.7. The highest BCUT2D eigenvalue weighted by atomic mass is 15.3. The van der Waals surface area contributed by atoms with E-state index < -0.39 is 0 Å². The van der Waals surface area contributed by atoms with E-state index in [1.807, 2.05) is 13.2 Å². The molecule has 1 fully saturated rings. The molecule has 0 radical (unpaired) electrons. The van der Waals surface area contributed by atoms with Crippen molar-refractivity contribution in [2.45, 2.75) is 6.42 Å². The van der Waals surface area contributed by atoms with Crippen molar-refractivity contribution in [1.29, 1.82) is 0 Å². The van der Waals surface area contributed by atoms with Crippen molar-refractivity contribution < 1.29 is 0 Å². The number of fused-ring (bicyclic) bond motifs is 1. The average Bonchev–Trinajstić information content (AvgIpc) is 2.59. The van der Waals surface area contributed by atoms with E-state index in [-0.39, 0.29) is 0 Å². The fourth-order valence-corrected chi connectivity index (χ4v) is 2.26. The molecule has 17 heavy (non-hydrogen) atoms. The van der Waals surface area contributed by atoms with E-state index in [0.29, 0.717) is 0 Å². The summed E-state index contributed by atoms with van der Waals surface area (Å²) in [4.78, 5) is 11.0. The van der Waals surface area contributed by atoms with Gasteiger partial charge in [-0.15, -0.1) is 0 Å². The molecule has 6 nitrogen and oxygen atoms in total. The Balaban J connectivity index is 2.03. The molecular formula is C11H16N6. The van der Waals surface area contributed by atoms with Gasteiger partial charge in [-0.05, 0) is 13.0 Å². The fraction of sp³-hybridized carbons (Fsp3) is 0.545. The number of nitrogens with zero attached hydrogens (tertiary/aromatic N) is 5. The maximum Gasteiger partial charge on any atom is 0.163 e. The quantitative estimate of drug-likeness (QED) is 0.759. The van der Waals surface area contributed by atoms with Crippen LogP contribution in [0.3, 0.4) is 0 Å². The average molecular weight is 232 g/mol. The normalized spacial score (nSPS) is 17.4. The fourth-order valence-electron chi connectivity index (χ4n) is 2.26. The van der Waals surface area contributed by atoms with Crippen molar-refractivity contribution >= 4 is 16.9 Å². The number of nitrogens with one attached hydrogen (secondary N) is 1. The Morgan fingerprint density at radius 1 is 1.24 bits per heavy atom. The van der Waals surface area contributed by atoms with Crippen LogP contribution in [0.15, 0.2) is 12.5 Å². The van der Waals surface area contributed by atoms with Gasteiger partial charge in [0, 0.05) is 26.7 Å². The van der Waals surface area contributed by atoms with Gasteiger partial charge in [0.15, 0.2) is 5.65 Å². The Hall–Kier alpha value is -1.69. The molecule has 1 saturated heterocycles. The van der Waals surface area contributed by atoms with Gasteiger partial charge in [0.1, 0.15) is 12.1 Å². The lowest BCUT2D eigenvalue weighted by molar-refractivity contribution is 0.724. The van der Waals surface area contributed by atoms with Crippen LogP contribution in [0, 0.1) is 0 Å². The molecule has 6 heteroatoms. The van der Waals surface area contributed by atoms with Crippen LogP contribution in [0.25, 0.3) is 11.0 Å². The number of aryl methyl sites for hydroxylation is 1. The molecule has 3 rings (SSSR count). The van der Waals surface area contributed by atoms with E-state index in [0.717, 1.165) is 49.5 Å². The summed E-state index contributed by atoms with van der Waals surface area (Å²) in [5.41, 5.74) is 0.896. The molecule has 0 bridgehead atoms. The Labute approximate surface area is 99.7 Å². The maximum absolute atomic E-state index is 4.42. The van der Waals surface area contributed by atoms with Crippen LogP contribution in [0.5, 0.6) is 0 Å². The van der Waals surface area contributed by atoms with Gasteiger partial charge in [0.25, 0.3) is 0 Å². The summed E-state index contributed by atoms with van der Waals surface area (Å²) in [7, 11) is 1.91. The molecule has 0 amide bonds. The van der Waals surface area contributed by atoms with E-state index in [1.165, 1.54) is 0 Å². The third-order valence-corrected chi connectivity index (χ3v) is 3.15. The zero-order valence-electron chi connectivity index (χ0n) is 9.93. The first-order chi connectivity index (χ1) is 8.36. The largest absolute Gasteiger partial charge is 0.355 e. The summed E-state index contributed by atoms with van der Waals surface area (Å²) in [6, 6.07) is 0. The molecule has 1 aliphatic rings. The number of hydrogen-bond donors (Lipinski definition) is 1. The predicted octanol–water partition coefficient (Wildman–Crippen LogP) is 0.163. The van der Waals surface area contributed by atoms with Crippen molar-refractivity contribution in [3.8, 4) is 0 Å². The number of hydrogen-bond acceptors (Lipinski definition) is 5. The van der Waals surface area contributed by atoms with Crippen LogP contribution in [0.2, 0.25) is 0 Å². The lowest BCUT2D eigenvalue weighted by Crippen LogP contribution is -2.28. The van der Waals surface area contributed by atoms with Crippen LogP contribution in [0.4, 0.5) is 5.82 Å². The monoisotopic (exact) mass is 232 g/mol. The van der Waals surface area contributed by atoms with E-state index in [4.69, 9.17) is 0 Å². The Kier molecular flexibility index (Phi) is 2.64. The van der Waals surface area contributed by atoms with Crippen LogP contribution >= 0.6 is 0 Å². The summed E-state index contributed by atoms with van der Waals surface area (Å²) < 4.78 is 1.79. The first kappa shape index (κ1) is 10.5. The molecule has 0 aliphatic carbocycles. The van der Waals surface area contributed by atoms with Crippen LogP contribution in [-0.2, 0) is 7.05 Å². The predicted molar refractivity (Wildman–Crippen MR) is 66.0 cm³/mol. The molecule has 0 atom stereocenters. The van der Waals surface area contributed by atoms with Crippen LogP contribution in [-0.4, -0.2) is 45.9 Å². The Morgan fingerprint density at radius 3 is 3.12 bits per heavy atom. The van der Waals surface area contributed by atoms with E-state index in [1.54, 1.807) is 11.0 Å². The highest BCUT2D eigenvalue weighted by Gasteiger charge is 2.15. The highest BCUT2D eigenvalue weighted by molar-refractivity contribution is 5.86. The van der Waals surface area contributed by atoms with Gasteiger partial charge < -0.3 is 10.2 Å². The molecule has 1 N–H and O–H groups in total. The van der Waals surface area contributed by atoms with Crippen molar-refractivity contribution in [2.24, 2.45) is 7.05 Å². The van der Waals surface area contributed by atoms with Crippen molar-refractivity contribution in [3.05, 3.63) is 12.5 Å². The third-order valence-electron chi connectivity index (χ3n) is 3.15. The molecule has 2 aromatic rings. The lowest BCUT2D eigenvalue weighted by atomic mass is 10.3. The molecule has 90 valence electrons. The molecule has 0 spiro atoms. The standard InChI is InChI=1S/C11H16N6/c1-16-10-9(7-15-16)11(14-8-13-10)17-5-2-3-12-4-6-17/h7-8,12H,2-6H2,1H3. The smallest absolute Gasteiger partial charge is 0.163 e. The lowest BCUT2D eigenvalue weighted by Gasteiger charge is -2.21. The van der Waals surface area contributed by atoms with Crippen molar-refractivity contribution in [3.63, 3.8) is 0 Å². The molecule has 3 heterocycles. The zero-order valence-corrected chi connectivity index (χ0v) is 9.93. The van der Waals surface area contributed by atoms with Crippen LogP contribution < -0.4 is 10.2 Å². The summed E-state index contributed by atoms with van der Waals surface area (Å²) >= 11 is 0. The molecule has 0 saturated carbocycles. The third kappa shape index (κ3) is 1.84. The molecule has 0 unspecified atom stereocenters.